The van der Waals surface area contributed by atoms with Crippen LogP contribution in [0, 0.1) is 0 Å². The summed E-state index contributed by atoms with van der Waals surface area (Å²) in [5.74, 6) is -0.863. The summed E-state index contributed by atoms with van der Waals surface area (Å²) in [5, 5.41) is 2.62. The predicted octanol–water partition coefficient (Wildman–Crippen LogP) is 0.303. The maximum Gasteiger partial charge on any atom is 0.315 e. The van der Waals surface area contributed by atoms with Crippen molar-refractivity contribution in [3.05, 3.63) is 30.1 Å². The van der Waals surface area contributed by atoms with E-state index in [1.165, 1.54) is 7.11 Å². The molecule has 0 aliphatic heterocycles. The van der Waals surface area contributed by atoms with Crippen LogP contribution in [0.2, 0.25) is 0 Å². The molecule has 5 heteroatoms. The molecule has 0 spiro atoms. The summed E-state index contributed by atoms with van der Waals surface area (Å²) in [6.07, 6.45) is 2.11. The fourth-order valence-corrected chi connectivity index (χ4v) is 1.14. The Kier molecular flexibility index (Phi) is 4.98. The summed E-state index contributed by atoms with van der Waals surface area (Å²) in [4.78, 5) is 26.0. The normalized spacial score (nSPS) is 9.56. The van der Waals surface area contributed by atoms with E-state index in [2.05, 4.69) is 15.0 Å². The van der Waals surface area contributed by atoms with Crippen LogP contribution in [0.3, 0.4) is 0 Å². The SMILES string of the molecule is COC(=O)CC(=O)NCCc1ccccn1. The van der Waals surface area contributed by atoms with Crippen molar-refractivity contribution in [1.82, 2.24) is 10.3 Å². The Morgan fingerprint density at radius 3 is 2.88 bits per heavy atom. The van der Waals surface area contributed by atoms with Crippen molar-refractivity contribution >= 4 is 11.9 Å². The van der Waals surface area contributed by atoms with Crippen LogP contribution in [-0.2, 0) is 20.7 Å². The van der Waals surface area contributed by atoms with E-state index in [1.807, 2.05) is 18.2 Å². The topological polar surface area (TPSA) is 68.3 Å². The van der Waals surface area contributed by atoms with E-state index in [-0.39, 0.29) is 12.3 Å². The second-order valence-corrected chi connectivity index (χ2v) is 3.17. The molecule has 1 heterocycles. The lowest BCUT2D eigenvalue weighted by atomic mass is 10.2. The molecule has 1 aromatic rings. The molecule has 1 amide bonds. The number of amides is 1. The van der Waals surface area contributed by atoms with Gasteiger partial charge in [-0.05, 0) is 12.1 Å². The number of nitrogens with one attached hydrogen (secondary N) is 1. The average Bonchev–Trinajstić information content (AvgIpc) is 2.30. The molecule has 0 aliphatic rings. The van der Waals surface area contributed by atoms with Crippen LogP contribution in [0.15, 0.2) is 24.4 Å². The Bertz CT molecular complexity index is 352. The summed E-state index contributed by atoms with van der Waals surface area (Å²) in [6.45, 7) is 0.465. The fraction of sp³-hybridized carbons (Fsp3) is 0.364. The van der Waals surface area contributed by atoms with Crippen molar-refractivity contribution in [3.8, 4) is 0 Å². The van der Waals surface area contributed by atoms with Gasteiger partial charge in [-0.1, -0.05) is 6.07 Å². The number of carbonyl (C=O) groups excluding carboxylic acids is 2. The van der Waals surface area contributed by atoms with Crippen LogP contribution in [0.25, 0.3) is 0 Å². The number of nitrogens with zero attached hydrogens (tertiary/aromatic N) is 1. The van der Waals surface area contributed by atoms with E-state index in [1.54, 1.807) is 6.20 Å². The Hall–Kier alpha value is -1.91. The van der Waals surface area contributed by atoms with E-state index in [9.17, 15) is 9.59 Å². The molecule has 0 saturated carbocycles. The Labute approximate surface area is 93.8 Å². The number of rotatable bonds is 5. The average molecular weight is 222 g/mol. The van der Waals surface area contributed by atoms with Gasteiger partial charge in [0.15, 0.2) is 0 Å². The lowest BCUT2D eigenvalue weighted by molar-refractivity contribution is -0.143. The third-order valence-corrected chi connectivity index (χ3v) is 1.96. The fourth-order valence-electron chi connectivity index (χ4n) is 1.14. The standard InChI is InChI=1S/C11H14N2O3/c1-16-11(15)8-10(14)13-7-5-9-4-2-3-6-12-9/h2-4,6H,5,7-8H2,1H3,(H,13,14). The van der Waals surface area contributed by atoms with Gasteiger partial charge in [0.25, 0.3) is 0 Å². The van der Waals surface area contributed by atoms with Crippen molar-refractivity contribution in [2.24, 2.45) is 0 Å². The maximum absolute atomic E-state index is 11.2. The number of esters is 1. The molecule has 0 aliphatic carbocycles. The number of aromatic nitrogens is 1. The first-order valence-electron chi connectivity index (χ1n) is 4.96. The van der Waals surface area contributed by atoms with E-state index in [0.717, 1.165) is 5.69 Å². The molecule has 0 aromatic carbocycles. The first kappa shape index (κ1) is 12.2. The van der Waals surface area contributed by atoms with Gasteiger partial charge in [0, 0.05) is 24.9 Å². The van der Waals surface area contributed by atoms with Crippen LogP contribution < -0.4 is 5.32 Å². The molecule has 86 valence electrons. The molecular formula is C11H14N2O3. The summed E-state index contributed by atoms with van der Waals surface area (Å²) in [6, 6.07) is 5.60. The minimum absolute atomic E-state index is 0.237. The first-order chi connectivity index (χ1) is 7.72. The molecule has 5 nitrogen and oxygen atoms in total. The Morgan fingerprint density at radius 1 is 1.44 bits per heavy atom. The Balaban J connectivity index is 2.21. The van der Waals surface area contributed by atoms with Crippen LogP contribution in [0.4, 0.5) is 0 Å². The van der Waals surface area contributed by atoms with Gasteiger partial charge in [-0.2, -0.15) is 0 Å². The zero-order chi connectivity index (χ0) is 11.8. The molecule has 0 fully saturated rings. The van der Waals surface area contributed by atoms with Gasteiger partial charge < -0.3 is 10.1 Å². The summed E-state index contributed by atoms with van der Waals surface area (Å²) >= 11 is 0. The van der Waals surface area contributed by atoms with Crippen LogP contribution in [0.1, 0.15) is 12.1 Å². The lowest BCUT2D eigenvalue weighted by Gasteiger charge is -2.03. The van der Waals surface area contributed by atoms with Crippen molar-refractivity contribution in [1.29, 1.82) is 0 Å². The highest BCUT2D eigenvalue weighted by atomic mass is 16.5. The van der Waals surface area contributed by atoms with Crippen LogP contribution >= 0.6 is 0 Å². The number of hydrogen-bond donors (Lipinski definition) is 1. The summed E-state index contributed by atoms with van der Waals surface area (Å²) in [5.41, 5.74) is 0.904. The van der Waals surface area contributed by atoms with Gasteiger partial charge in [0.05, 0.1) is 7.11 Å². The number of pyridine rings is 1. The van der Waals surface area contributed by atoms with E-state index < -0.39 is 5.97 Å². The van der Waals surface area contributed by atoms with E-state index in [0.29, 0.717) is 13.0 Å². The Morgan fingerprint density at radius 2 is 2.25 bits per heavy atom. The third-order valence-electron chi connectivity index (χ3n) is 1.96. The van der Waals surface area contributed by atoms with Crippen molar-refractivity contribution in [2.45, 2.75) is 12.8 Å². The number of methoxy groups -OCH3 is 1. The molecule has 0 atom stereocenters. The maximum atomic E-state index is 11.2. The molecule has 0 bridgehead atoms. The quantitative estimate of drug-likeness (QED) is 0.575. The number of carbonyl (C=O) groups is 2. The van der Waals surface area contributed by atoms with Gasteiger partial charge in [-0.15, -0.1) is 0 Å². The van der Waals surface area contributed by atoms with Crippen LogP contribution in [0.5, 0.6) is 0 Å². The molecule has 0 radical (unpaired) electrons. The largest absolute Gasteiger partial charge is 0.469 e. The number of hydrogen-bond acceptors (Lipinski definition) is 4. The molecule has 1 N–H and O–H groups in total. The van der Waals surface area contributed by atoms with Gasteiger partial charge >= 0.3 is 5.97 Å². The highest BCUT2D eigenvalue weighted by Gasteiger charge is 2.08. The zero-order valence-corrected chi connectivity index (χ0v) is 9.10. The second kappa shape index (κ2) is 6.55. The molecule has 16 heavy (non-hydrogen) atoms. The summed E-state index contributed by atoms with van der Waals surface area (Å²) in [7, 11) is 1.25. The molecular weight excluding hydrogens is 208 g/mol. The third kappa shape index (κ3) is 4.54. The van der Waals surface area contributed by atoms with Gasteiger partial charge in [0.2, 0.25) is 5.91 Å². The minimum Gasteiger partial charge on any atom is -0.469 e. The van der Waals surface area contributed by atoms with E-state index >= 15 is 0 Å². The molecule has 1 aromatic heterocycles. The highest BCUT2D eigenvalue weighted by molar-refractivity contribution is 5.94. The molecule has 1 rings (SSSR count). The van der Waals surface area contributed by atoms with Crippen molar-refractivity contribution < 1.29 is 14.3 Å². The van der Waals surface area contributed by atoms with Gasteiger partial charge in [-0.3, -0.25) is 14.6 Å². The van der Waals surface area contributed by atoms with Gasteiger partial charge in [0.1, 0.15) is 6.42 Å². The zero-order valence-electron chi connectivity index (χ0n) is 9.10. The van der Waals surface area contributed by atoms with Crippen molar-refractivity contribution in [3.63, 3.8) is 0 Å². The molecule has 0 saturated heterocycles. The molecule has 0 unspecified atom stereocenters. The van der Waals surface area contributed by atoms with Gasteiger partial charge in [-0.25, -0.2) is 0 Å². The number of ether oxygens (including phenoxy) is 1. The smallest absolute Gasteiger partial charge is 0.315 e. The highest BCUT2D eigenvalue weighted by Crippen LogP contribution is 1.93. The minimum atomic E-state index is -0.532. The lowest BCUT2D eigenvalue weighted by Crippen LogP contribution is -2.28. The summed E-state index contributed by atoms with van der Waals surface area (Å²) < 4.78 is 4.37. The first-order valence-corrected chi connectivity index (χ1v) is 4.96. The monoisotopic (exact) mass is 222 g/mol. The van der Waals surface area contributed by atoms with Crippen LogP contribution in [-0.4, -0.2) is 30.5 Å². The second-order valence-electron chi connectivity index (χ2n) is 3.17. The van der Waals surface area contributed by atoms with Crippen molar-refractivity contribution in [2.75, 3.05) is 13.7 Å². The predicted molar refractivity (Wildman–Crippen MR) is 57.6 cm³/mol. The van der Waals surface area contributed by atoms with E-state index in [4.69, 9.17) is 0 Å².